The number of carbonyl (C=O) groups excluding carboxylic acids is 2. The number of hydrogen-bond donors (Lipinski definition) is 1. The maximum Gasteiger partial charge on any atom is 0.241 e. The average molecular weight is 428 g/mol. The fourth-order valence-corrected chi connectivity index (χ4v) is 4.14. The largest absolute Gasteiger partial charge is 0.490 e. The van der Waals surface area contributed by atoms with Crippen molar-refractivity contribution in [1.29, 1.82) is 0 Å². The van der Waals surface area contributed by atoms with E-state index < -0.39 is 5.37 Å². The van der Waals surface area contributed by atoms with Crippen LogP contribution in [0.5, 0.6) is 11.5 Å². The van der Waals surface area contributed by atoms with E-state index in [2.05, 4.69) is 10.4 Å². The second kappa shape index (κ2) is 9.67. The van der Waals surface area contributed by atoms with Crippen molar-refractivity contribution in [3.05, 3.63) is 59.2 Å². The Labute approximate surface area is 180 Å². The standard InChI is InChI=1S/C22H25N3O4S/c1-14-9-10-20(29-12-11-28-19-8-6-5-7-15(19)2)18(13-14)21-25(17(4)27)24-22(30-21)23-16(3)26/h5-10,13,21H,11-12H2,1-4H3,(H,23,24,26)/t21-/m0/s1. The van der Waals surface area contributed by atoms with Gasteiger partial charge in [-0.2, -0.15) is 0 Å². The van der Waals surface area contributed by atoms with Crippen molar-refractivity contribution < 1.29 is 19.1 Å². The lowest BCUT2D eigenvalue weighted by atomic mass is 10.1. The van der Waals surface area contributed by atoms with Gasteiger partial charge < -0.3 is 14.8 Å². The molecule has 1 aliphatic rings. The summed E-state index contributed by atoms with van der Waals surface area (Å²) in [7, 11) is 0. The van der Waals surface area contributed by atoms with Crippen LogP contribution in [-0.4, -0.2) is 35.2 Å². The van der Waals surface area contributed by atoms with E-state index in [0.29, 0.717) is 24.1 Å². The summed E-state index contributed by atoms with van der Waals surface area (Å²) >= 11 is 1.30. The number of hydrogen-bond acceptors (Lipinski definition) is 6. The van der Waals surface area contributed by atoms with Gasteiger partial charge in [-0.1, -0.05) is 41.6 Å². The highest BCUT2D eigenvalue weighted by Gasteiger charge is 2.34. The lowest BCUT2D eigenvalue weighted by Crippen LogP contribution is -2.25. The van der Waals surface area contributed by atoms with Crippen LogP contribution in [0.1, 0.15) is 35.9 Å². The number of benzene rings is 2. The van der Waals surface area contributed by atoms with Gasteiger partial charge in [0, 0.05) is 19.4 Å². The number of carbonyl (C=O) groups is 2. The predicted molar refractivity (Wildman–Crippen MR) is 117 cm³/mol. The van der Waals surface area contributed by atoms with Gasteiger partial charge in [-0.25, -0.2) is 5.01 Å². The Kier molecular flexibility index (Phi) is 6.99. The fourth-order valence-electron chi connectivity index (χ4n) is 2.98. The molecule has 0 unspecified atom stereocenters. The van der Waals surface area contributed by atoms with Crippen LogP contribution in [0.3, 0.4) is 0 Å². The fraction of sp³-hybridized carbons (Fsp3) is 0.318. The molecular formula is C22H25N3O4S. The summed E-state index contributed by atoms with van der Waals surface area (Å²) in [6, 6.07) is 13.6. The van der Waals surface area contributed by atoms with Crippen LogP contribution in [-0.2, 0) is 9.59 Å². The summed E-state index contributed by atoms with van der Waals surface area (Å²) in [6.45, 7) is 7.56. The zero-order chi connectivity index (χ0) is 21.7. The topological polar surface area (TPSA) is 80.2 Å². The van der Waals surface area contributed by atoms with Gasteiger partial charge in [-0.3, -0.25) is 9.59 Å². The van der Waals surface area contributed by atoms with Crippen molar-refractivity contribution >= 4 is 28.7 Å². The van der Waals surface area contributed by atoms with E-state index in [9.17, 15) is 9.59 Å². The maximum atomic E-state index is 12.1. The summed E-state index contributed by atoms with van der Waals surface area (Å²) in [5.41, 5.74) is 2.91. The third kappa shape index (κ3) is 5.33. The summed E-state index contributed by atoms with van der Waals surface area (Å²) in [5, 5.41) is 8.24. The molecule has 0 fully saturated rings. The van der Waals surface area contributed by atoms with E-state index in [4.69, 9.17) is 9.47 Å². The first-order chi connectivity index (χ1) is 14.3. The van der Waals surface area contributed by atoms with Gasteiger partial charge in [-0.05, 0) is 37.6 Å². The molecule has 7 nitrogen and oxygen atoms in total. The van der Waals surface area contributed by atoms with Gasteiger partial charge in [0.1, 0.15) is 30.1 Å². The Balaban J connectivity index is 1.72. The molecule has 1 heterocycles. The number of amidine groups is 1. The molecule has 2 aromatic carbocycles. The van der Waals surface area contributed by atoms with Crippen molar-refractivity contribution in [2.75, 3.05) is 13.2 Å². The second-order valence-corrected chi connectivity index (χ2v) is 7.99. The Hall–Kier alpha value is -3.00. The molecule has 2 amide bonds. The summed E-state index contributed by atoms with van der Waals surface area (Å²) in [5.74, 6) is 1.02. The Bertz CT molecular complexity index is 977. The number of ether oxygens (including phenoxy) is 2. The monoisotopic (exact) mass is 427 g/mol. The van der Waals surface area contributed by atoms with E-state index in [1.54, 1.807) is 0 Å². The normalized spacial score (nSPS) is 15.5. The van der Waals surface area contributed by atoms with Crippen LogP contribution >= 0.6 is 11.8 Å². The lowest BCUT2D eigenvalue weighted by molar-refractivity contribution is -0.129. The number of rotatable bonds is 6. The Morgan fingerprint density at radius 2 is 1.77 bits per heavy atom. The first kappa shape index (κ1) is 21.7. The van der Waals surface area contributed by atoms with Crippen molar-refractivity contribution in [2.24, 2.45) is 5.10 Å². The zero-order valence-electron chi connectivity index (χ0n) is 17.5. The van der Waals surface area contributed by atoms with Crippen molar-refractivity contribution in [2.45, 2.75) is 33.1 Å². The molecule has 2 aromatic rings. The highest BCUT2D eigenvalue weighted by Crippen LogP contribution is 2.42. The average Bonchev–Trinajstić information content (AvgIpc) is 3.10. The lowest BCUT2D eigenvalue weighted by Gasteiger charge is -2.22. The molecular weight excluding hydrogens is 402 g/mol. The third-order valence-corrected chi connectivity index (χ3v) is 5.46. The van der Waals surface area contributed by atoms with Crippen molar-refractivity contribution in [1.82, 2.24) is 10.3 Å². The molecule has 0 aliphatic carbocycles. The zero-order valence-corrected chi connectivity index (χ0v) is 18.3. The number of aryl methyl sites for hydroxylation is 2. The molecule has 8 heteroatoms. The summed E-state index contributed by atoms with van der Waals surface area (Å²) in [6.07, 6.45) is 0. The van der Waals surface area contributed by atoms with E-state index in [-0.39, 0.29) is 11.8 Å². The van der Waals surface area contributed by atoms with E-state index in [1.165, 1.54) is 30.6 Å². The minimum Gasteiger partial charge on any atom is -0.490 e. The van der Waals surface area contributed by atoms with Gasteiger partial charge in [0.2, 0.25) is 11.8 Å². The molecule has 0 spiro atoms. The number of nitrogens with one attached hydrogen (secondary N) is 1. The first-order valence-corrected chi connectivity index (χ1v) is 10.5. The van der Waals surface area contributed by atoms with E-state index >= 15 is 0 Å². The van der Waals surface area contributed by atoms with Gasteiger partial charge in [0.15, 0.2) is 5.17 Å². The van der Waals surface area contributed by atoms with Gasteiger partial charge in [0.05, 0.1) is 0 Å². The van der Waals surface area contributed by atoms with Gasteiger partial charge >= 0.3 is 0 Å². The number of nitrogens with zero attached hydrogens (tertiary/aromatic N) is 2. The SMILES string of the molecule is CC(=O)NC1=NN(C(C)=O)[C@H](c2cc(C)ccc2OCCOc2ccccc2C)S1. The highest BCUT2D eigenvalue weighted by molar-refractivity contribution is 8.14. The molecule has 0 saturated heterocycles. The van der Waals surface area contributed by atoms with E-state index in [0.717, 1.165) is 22.4 Å². The van der Waals surface area contributed by atoms with Crippen LogP contribution in [0.2, 0.25) is 0 Å². The quantitative estimate of drug-likeness (QED) is 0.710. The summed E-state index contributed by atoms with van der Waals surface area (Å²) in [4.78, 5) is 23.5. The molecule has 1 atom stereocenters. The molecule has 0 saturated carbocycles. The Morgan fingerprint density at radius 1 is 1.07 bits per heavy atom. The van der Waals surface area contributed by atoms with Crippen molar-refractivity contribution in [3.8, 4) is 11.5 Å². The van der Waals surface area contributed by atoms with Crippen LogP contribution in [0.4, 0.5) is 0 Å². The van der Waals surface area contributed by atoms with Gasteiger partial charge in [0.25, 0.3) is 0 Å². The molecule has 0 bridgehead atoms. The number of hydrazone groups is 1. The minimum atomic E-state index is -0.420. The third-order valence-electron chi connectivity index (χ3n) is 4.37. The highest BCUT2D eigenvalue weighted by atomic mass is 32.2. The predicted octanol–water partition coefficient (Wildman–Crippen LogP) is 3.76. The molecule has 1 N–H and O–H groups in total. The van der Waals surface area contributed by atoms with Crippen LogP contribution in [0, 0.1) is 13.8 Å². The molecule has 3 rings (SSSR count). The maximum absolute atomic E-state index is 12.1. The van der Waals surface area contributed by atoms with Crippen molar-refractivity contribution in [3.63, 3.8) is 0 Å². The van der Waals surface area contributed by atoms with Crippen LogP contribution in [0.15, 0.2) is 47.6 Å². The minimum absolute atomic E-state index is 0.219. The molecule has 158 valence electrons. The van der Waals surface area contributed by atoms with Crippen LogP contribution < -0.4 is 14.8 Å². The molecule has 1 aliphatic heterocycles. The molecule has 30 heavy (non-hydrogen) atoms. The number of para-hydroxylation sites is 1. The molecule has 0 aromatic heterocycles. The second-order valence-electron chi connectivity index (χ2n) is 6.92. The summed E-state index contributed by atoms with van der Waals surface area (Å²) < 4.78 is 11.8. The smallest absolute Gasteiger partial charge is 0.241 e. The number of amides is 2. The Morgan fingerprint density at radius 3 is 2.43 bits per heavy atom. The van der Waals surface area contributed by atoms with Crippen LogP contribution in [0.25, 0.3) is 0 Å². The van der Waals surface area contributed by atoms with Gasteiger partial charge in [-0.15, -0.1) is 5.10 Å². The first-order valence-electron chi connectivity index (χ1n) is 9.59. The molecule has 0 radical (unpaired) electrons. The van der Waals surface area contributed by atoms with E-state index in [1.807, 2.05) is 56.3 Å². The number of thioether (sulfide) groups is 1.